The van der Waals surface area contributed by atoms with Crippen molar-refractivity contribution >= 4 is 50.7 Å². The van der Waals surface area contributed by atoms with E-state index in [1.807, 2.05) is 72.5 Å². The first-order chi connectivity index (χ1) is 16.5. The lowest BCUT2D eigenvalue weighted by molar-refractivity contribution is -0.140. The van der Waals surface area contributed by atoms with Gasteiger partial charge in [-0.25, -0.2) is 0 Å². The molecule has 0 radical (unpaired) electrons. The molecule has 34 heavy (non-hydrogen) atoms. The molecule has 3 heterocycles. The highest BCUT2D eigenvalue weighted by Crippen LogP contribution is 2.38. The Hall–Kier alpha value is -4.13. The highest BCUT2D eigenvalue weighted by atomic mass is 16.5. The Morgan fingerprint density at radius 1 is 0.853 bits per heavy atom. The summed E-state index contributed by atoms with van der Waals surface area (Å²) in [4.78, 5) is 37.5. The van der Waals surface area contributed by atoms with E-state index >= 15 is 0 Å². The van der Waals surface area contributed by atoms with Crippen molar-refractivity contribution in [1.29, 1.82) is 0 Å². The highest BCUT2D eigenvalue weighted by Gasteiger charge is 2.35. The number of methoxy groups -OCH3 is 1. The predicted molar refractivity (Wildman–Crippen MR) is 131 cm³/mol. The Balaban J connectivity index is 1.62. The van der Waals surface area contributed by atoms with Gasteiger partial charge < -0.3 is 13.9 Å². The fourth-order valence-electron chi connectivity index (χ4n) is 4.79. The molecule has 0 unspecified atom stereocenters. The number of carbonyl (C=O) groups is 3. The van der Waals surface area contributed by atoms with Gasteiger partial charge in [0.2, 0.25) is 0 Å². The van der Waals surface area contributed by atoms with Crippen LogP contribution in [0.5, 0.6) is 0 Å². The van der Waals surface area contributed by atoms with Gasteiger partial charge in [0.15, 0.2) is 0 Å². The zero-order valence-electron chi connectivity index (χ0n) is 19.1. The molecule has 172 valence electrons. The number of carbonyl (C=O) groups excluding carboxylic acids is 3. The van der Waals surface area contributed by atoms with Crippen LogP contribution in [0.15, 0.2) is 60.9 Å². The molecule has 0 spiro atoms. The lowest BCUT2D eigenvalue weighted by Crippen LogP contribution is -2.22. The van der Waals surface area contributed by atoms with Gasteiger partial charge in [-0.3, -0.25) is 19.7 Å². The van der Waals surface area contributed by atoms with E-state index in [1.165, 1.54) is 7.11 Å². The summed E-state index contributed by atoms with van der Waals surface area (Å²) in [6.45, 7) is 0.684. The molecule has 0 fully saturated rings. The summed E-state index contributed by atoms with van der Waals surface area (Å²) in [5, 5.41) is 4.35. The number of esters is 1. The van der Waals surface area contributed by atoms with Crippen LogP contribution < -0.4 is 5.32 Å². The average Bonchev–Trinajstić information content (AvgIpc) is 3.47. The molecule has 0 saturated carbocycles. The Bertz CT molecular complexity index is 1490. The van der Waals surface area contributed by atoms with E-state index in [2.05, 4.69) is 9.88 Å². The summed E-state index contributed by atoms with van der Waals surface area (Å²) < 4.78 is 8.78. The number of ether oxygens (including phenoxy) is 1. The molecule has 1 aliphatic rings. The molecule has 0 aliphatic carbocycles. The molecule has 4 aromatic rings. The van der Waals surface area contributed by atoms with Gasteiger partial charge in [-0.2, -0.15) is 0 Å². The molecule has 0 saturated heterocycles. The van der Waals surface area contributed by atoms with E-state index in [0.717, 1.165) is 39.4 Å². The van der Waals surface area contributed by atoms with E-state index in [0.29, 0.717) is 30.5 Å². The van der Waals surface area contributed by atoms with Gasteiger partial charge in [0, 0.05) is 65.3 Å². The average molecular weight is 456 g/mol. The van der Waals surface area contributed by atoms with Crippen LogP contribution >= 0.6 is 0 Å². The van der Waals surface area contributed by atoms with Gasteiger partial charge in [0.25, 0.3) is 11.8 Å². The maximum absolute atomic E-state index is 13.1. The minimum Gasteiger partial charge on any atom is -0.469 e. The predicted octanol–water partition coefficient (Wildman–Crippen LogP) is 4.04. The monoisotopic (exact) mass is 455 g/mol. The van der Waals surface area contributed by atoms with Crippen molar-refractivity contribution in [3.63, 3.8) is 0 Å². The van der Waals surface area contributed by atoms with Crippen LogP contribution in [0.4, 0.5) is 0 Å². The zero-order chi connectivity index (χ0) is 23.8. The van der Waals surface area contributed by atoms with Crippen LogP contribution in [0, 0.1) is 0 Å². The SMILES string of the molecule is COC(=O)CCCCn1cc(C2=C(c3cn(C)c4ccccc34)C(=O)NC2=O)c2ccccc21. The summed E-state index contributed by atoms with van der Waals surface area (Å²) >= 11 is 0. The van der Waals surface area contributed by atoms with E-state index in [-0.39, 0.29) is 17.8 Å². The molecule has 2 amide bonds. The summed E-state index contributed by atoms with van der Waals surface area (Å²) in [5.41, 5.74) is 4.24. The topological polar surface area (TPSA) is 82.3 Å². The fourth-order valence-corrected chi connectivity index (χ4v) is 4.79. The summed E-state index contributed by atoms with van der Waals surface area (Å²) in [6, 6.07) is 15.7. The quantitative estimate of drug-likeness (QED) is 0.259. The van der Waals surface area contributed by atoms with Gasteiger partial charge in [-0.1, -0.05) is 36.4 Å². The van der Waals surface area contributed by atoms with Crippen LogP contribution in [0.1, 0.15) is 30.4 Å². The second kappa shape index (κ2) is 8.67. The van der Waals surface area contributed by atoms with Crippen LogP contribution in [-0.4, -0.2) is 34.0 Å². The van der Waals surface area contributed by atoms with Crippen LogP contribution in [0.2, 0.25) is 0 Å². The third kappa shape index (κ3) is 3.59. The number of unbranched alkanes of at least 4 members (excludes halogenated alkanes) is 1. The lowest BCUT2D eigenvalue weighted by atomic mass is 9.95. The number of fused-ring (bicyclic) bond motifs is 2. The summed E-state index contributed by atoms with van der Waals surface area (Å²) in [5.74, 6) is -0.989. The smallest absolute Gasteiger partial charge is 0.305 e. The third-order valence-electron chi connectivity index (χ3n) is 6.41. The molecule has 7 nitrogen and oxygen atoms in total. The largest absolute Gasteiger partial charge is 0.469 e. The van der Waals surface area contributed by atoms with Gasteiger partial charge in [0.1, 0.15) is 0 Å². The Morgan fingerprint density at radius 3 is 2.12 bits per heavy atom. The molecule has 0 atom stereocenters. The normalized spacial score (nSPS) is 13.8. The van der Waals surface area contributed by atoms with E-state index in [9.17, 15) is 14.4 Å². The second-order valence-corrected chi connectivity index (χ2v) is 8.49. The second-order valence-electron chi connectivity index (χ2n) is 8.49. The van der Waals surface area contributed by atoms with Crippen molar-refractivity contribution < 1.29 is 19.1 Å². The van der Waals surface area contributed by atoms with Crippen molar-refractivity contribution in [2.24, 2.45) is 7.05 Å². The van der Waals surface area contributed by atoms with Gasteiger partial charge in [0.05, 0.1) is 18.3 Å². The number of aromatic nitrogens is 2. The number of amides is 2. The molecule has 1 aliphatic heterocycles. The lowest BCUT2D eigenvalue weighted by Gasteiger charge is -2.05. The summed E-state index contributed by atoms with van der Waals surface area (Å²) in [6.07, 6.45) is 5.71. The Kier molecular flexibility index (Phi) is 5.53. The Labute approximate surface area is 196 Å². The number of rotatable bonds is 7. The van der Waals surface area contributed by atoms with Gasteiger partial charge in [-0.15, -0.1) is 0 Å². The molecule has 1 N–H and O–H groups in total. The van der Waals surface area contributed by atoms with Crippen molar-refractivity contribution in [3.05, 3.63) is 72.1 Å². The number of benzene rings is 2. The molecule has 2 aromatic carbocycles. The van der Waals surface area contributed by atoms with Crippen LogP contribution in [-0.2, 0) is 32.7 Å². The maximum Gasteiger partial charge on any atom is 0.305 e. The fraction of sp³-hybridized carbons (Fsp3) is 0.222. The van der Waals surface area contributed by atoms with E-state index < -0.39 is 0 Å². The minimum absolute atomic E-state index is 0.218. The zero-order valence-corrected chi connectivity index (χ0v) is 19.1. The van der Waals surface area contributed by atoms with Crippen LogP contribution in [0.3, 0.4) is 0 Å². The number of nitrogens with zero attached hydrogens (tertiary/aromatic N) is 2. The Morgan fingerprint density at radius 2 is 1.44 bits per heavy atom. The van der Waals surface area contributed by atoms with Crippen LogP contribution in [0.25, 0.3) is 33.0 Å². The minimum atomic E-state index is -0.387. The number of para-hydroxylation sites is 2. The molecular weight excluding hydrogens is 430 g/mol. The standard InChI is InChI=1S/C27H25N3O4/c1-29-15-19(17-9-3-5-11-21(17)29)24-25(27(33)28-26(24)32)20-16-30(14-8-7-13-23(31)34-2)22-12-6-4-10-18(20)22/h3-6,9-12,15-16H,7-8,13-14H2,1-2H3,(H,28,32,33). The third-order valence-corrected chi connectivity index (χ3v) is 6.41. The number of hydrogen-bond acceptors (Lipinski definition) is 4. The van der Waals surface area contributed by atoms with Crippen molar-refractivity contribution in [3.8, 4) is 0 Å². The number of imide groups is 1. The van der Waals surface area contributed by atoms with Crippen molar-refractivity contribution in [2.75, 3.05) is 7.11 Å². The molecule has 0 bridgehead atoms. The first-order valence-electron chi connectivity index (χ1n) is 11.3. The first-order valence-corrected chi connectivity index (χ1v) is 11.3. The first kappa shape index (κ1) is 21.7. The number of hydrogen-bond donors (Lipinski definition) is 1. The molecular formula is C27H25N3O4. The number of nitrogens with one attached hydrogen (secondary N) is 1. The molecule has 2 aromatic heterocycles. The van der Waals surface area contributed by atoms with Gasteiger partial charge >= 0.3 is 5.97 Å². The molecule has 5 rings (SSSR count). The van der Waals surface area contributed by atoms with Crippen molar-refractivity contribution in [1.82, 2.24) is 14.5 Å². The highest BCUT2D eigenvalue weighted by molar-refractivity contribution is 6.50. The number of aryl methyl sites for hydroxylation is 2. The van der Waals surface area contributed by atoms with E-state index in [4.69, 9.17) is 4.74 Å². The van der Waals surface area contributed by atoms with Crippen molar-refractivity contribution in [2.45, 2.75) is 25.8 Å². The maximum atomic E-state index is 13.1. The van der Waals surface area contributed by atoms with Gasteiger partial charge in [-0.05, 0) is 25.0 Å². The van der Waals surface area contributed by atoms with E-state index in [1.54, 1.807) is 0 Å². The molecule has 7 heteroatoms. The summed E-state index contributed by atoms with van der Waals surface area (Å²) in [7, 11) is 3.32.